The Labute approximate surface area is 209 Å². The zero-order valence-electron chi connectivity index (χ0n) is 20.0. The van der Waals surface area contributed by atoms with Crippen LogP contribution in [-0.4, -0.2) is 49.4 Å². The maximum absolute atomic E-state index is 13.4. The molecule has 0 spiro atoms. The number of aryl methyl sites for hydroxylation is 1. The van der Waals surface area contributed by atoms with Crippen LogP contribution in [0.15, 0.2) is 63.2 Å². The van der Waals surface area contributed by atoms with Crippen LogP contribution in [-0.2, 0) is 26.4 Å². The topological polar surface area (TPSA) is 148 Å². The zero-order chi connectivity index (χ0) is 26.3. The highest BCUT2D eigenvalue weighted by atomic mass is 32.2. The maximum atomic E-state index is 13.4. The van der Waals surface area contributed by atoms with E-state index in [4.69, 9.17) is 0 Å². The van der Waals surface area contributed by atoms with E-state index in [1.54, 1.807) is 30.3 Å². The molecule has 1 aliphatic heterocycles. The molecule has 12 heteroatoms. The standard InChI is InChI=1S/C24H26N4O6S2/c1-15(2)11-12-28-24(30)21(23(29)22(26-28)16-7-5-4-6-8-16)19-14-36(33,34)20-13-17(27-35(3,31)32)9-10-18(20)25-19/h4-10,13,15,27,29H,11-12,14H2,1-3H3. The normalized spacial score (nSPS) is 14.8. The summed E-state index contributed by atoms with van der Waals surface area (Å²) < 4.78 is 53.0. The fraction of sp³-hybridized carbons (Fsp3) is 0.292. The van der Waals surface area contributed by atoms with Crippen LogP contribution in [0.2, 0.25) is 0 Å². The van der Waals surface area contributed by atoms with Gasteiger partial charge in [-0.05, 0) is 30.5 Å². The second kappa shape index (κ2) is 9.51. The molecule has 0 unspecified atom stereocenters. The van der Waals surface area contributed by atoms with Crippen molar-refractivity contribution >= 4 is 36.9 Å². The van der Waals surface area contributed by atoms with Gasteiger partial charge in [0.1, 0.15) is 11.3 Å². The zero-order valence-corrected chi connectivity index (χ0v) is 21.6. The van der Waals surface area contributed by atoms with Crippen molar-refractivity contribution in [2.45, 2.75) is 31.7 Å². The summed E-state index contributed by atoms with van der Waals surface area (Å²) in [5.41, 5.74) is -0.140. The van der Waals surface area contributed by atoms with E-state index in [0.717, 1.165) is 6.26 Å². The Bertz CT molecular complexity index is 1630. The molecule has 190 valence electrons. The first kappa shape index (κ1) is 25.6. The average molecular weight is 531 g/mol. The predicted octanol–water partition coefficient (Wildman–Crippen LogP) is 2.94. The Balaban J connectivity index is 1.91. The molecular formula is C24H26N4O6S2. The average Bonchev–Trinajstić information content (AvgIpc) is 2.78. The molecule has 2 heterocycles. The summed E-state index contributed by atoms with van der Waals surface area (Å²) >= 11 is 0. The Morgan fingerprint density at radius 2 is 1.83 bits per heavy atom. The van der Waals surface area contributed by atoms with Crippen molar-refractivity contribution in [2.75, 3.05) is 16.7 Å². The lowest BCUT2D eigenvalue weighted by Gasteiger charge is -2.19. The van der Waals surface area contributed by atoms with Crippen molar-refractivity contribution in [3.63, 3.8) is 0 Å². The van der Waals surface area contributed by atoms with Gasteiger partial charge in [0.2, 0.25) is 10.0 Å². The van der Waals surface area contributed by atoms with Gasteiger partial charge in [-0.15, -0.1) is 0 Å². The second-order valence-electron chi connectivity index (χ2n) is 9.02. The van der Waals surface area contributed by atoms with Gasteiger partial charge >= 0.3 is 0 Å². The third-order valence-corrected chi connectivity index (χ3v) is 7.82. The summed E-state index contributed by atoms with van der Waals surface area (Å²) in [5.74, 6) is -0.807. The van der Waals surface area contributed by atoms with E-state index in [1.807, 2.05) is 13.8 Å². The van der Waals surface area contributed by atoms with E-state index in [0.29, 0.717) is 12.0 Å². The minimum atomic E-state index is -4.01. The molecule has 3 aromatic rings. The van der Waals surface area contributed by atoms with Crippen LogP contribution in [0.4, 0.5) is 11.4 Å². The number of aromatic hydroxyl groups is 1. The molecule has 0 amide bonds. The molecule has 2 aromatic carbocycles. The number of sulfonamides is 1. The second-order valence-corrected chi connectivity index (χ2v) is 12.7. The van der Waals surface area contributed by atoms with E-state index < -0.39 is 36.9 Å². The van der Waals surface area contributed by atoms with Gasteiger partial charge in [-0.25, -0.2) is 21.5 Å². The third kappa shape index (κ3) is 5.34. The van der Waals surface area contributed by atoms with Crippen LogP contribution in [0.1, 0.15) is 25.8 Å². The molecule has 0 bridgehead atoms. The number of aliphatic imine (C=N–C) groups is 1. The summed E-state index contributed by atoms with van der Waals surface area (Å²) in [5, 5.41) is 15.5. The molecule has 0 atom stereocenters. The number of fused-ring (bicyclic) bond motifs is 1. The number of hydrogen-bond donors (Lipinski definition) is 2. The third-order valence-electron chi connectivity index (χ3n) is 5.56. The van der Waals surface area contributed by atoms with Crippen molar-refractivity contribution in [1.82, 2.24) is 9.78 Å². The predicted molar refractivity (Wildman–Crippen MR) is 138 cm³/mol. The Morgan fingerprint density at radius 1 is 1.14 bits per heavy atom. The van der Waals surface area contributed by atoms with Gasteiger partial charge in [-0.2, -0.15) is 5.10 Å². The molecule has 36 heavy (non-hydrogen) atoms. The molecule has 1 aliphatic rings. The van der Waals surface area contributed by atoms with Gasteiger partial charge in [0, 0.05) is 17.8 Å². The first-order valence-electron chi connectivity index (χ1n) is 11.2. The lowest BCUT2D eigenvalue weighted by Crippen LogP contribution is -2.33. The largest absolute Gasteiger partial charge is 0.505 e. The first-order valence-corrected chi connectivity index (χ1v) is 14.7. The molecule has 0 saturated carbocycles. The number of hydrogen-bond acceptors (Lipinski definition) is 8. The van der Waals surface area contributed by atoms with Gasteiger partial charge in [-0.3, -0.25) is 14.5 Å². The van der Waals surface area contributed by atoms with Gasteiger partial charge in [0.25, 0.3) is 5.56 Å². The Morgan fingerprint density at radius 3 is 2.47 bits per heavy atom. The number of rotatable bonds is 7. The summed E-state index contributed by atoms with van der Waals surface area (Å²) in [6, 6.07) is 12.7. The molecular weight excluding hydrogens is 504 g/mol. The Kier molecular flexibility index (Phi) is 6.76. The molecule has 0 fully saturated rings. The summed E-state index contributed by atoms with van der Waals surface area (Å²) in [6.07, 6.45) is 1.60. The van der Waals surface area contributed by atoms with Crippen LogP contribution in [0.25, 0.3) is 11.3 Å². The smallest absolute Gasteiger partial charge is 0.279 e. The SMILES string of the molecule is CC(C)CCn1nc(-c2ccccc2)c(O)c(C2=Nc3ccc(NS(C)(=O)=O)cc3S(=O)(=O)C2)c1=O. The number of aromatic nitrogens is 2. The minimum Gasteiger partial charge on any atom is -0.505 e. The van der Waals surface area contributed by atoms with Gasteiger partial charge in [0.05, 0.1) is 28.3 Å². The van der Waals surface area contributed by atoms with E-state index in [9.17, 15) is 26.7 Å². The number of anilines is 1. The number of sulfone groups is 1. The monoisotopic (exact) mass is 530 g/mol. The van der Waals surface area contributed by atoms with Crippen molar-refractivity contribution in [1.29, 1.82) is 0 Å². The quantitative estimate of drug-likeness (QED) is 0.477. The molecule has 1 aromatic heterocycles. The molecule has 2 N–H and O–H groups in total. The molecule has 10 nitrogen and oxygen atoms in total. The molecule has 0 saturated heterocycles. The first-order chi connectivity index (χ1) is 16.9. The van der Waals surface area contributed by atoms with Gasteiger partial charge in [-0.1, -0.05) is 44.2 Å². The van der Waals surface area contributed by atoms with E-state index in [2.05, 4.69) is 14.8 Å². The Hall–Kier alpha value is -3.51. The van der Waals surface area contributed by atoms with E-state index >= 15 is 0 Å². The van der Waals surface area contributed by atoms with Crippen LogP contribution < -0.4 is 10.3 Å². The van der Waals surface area contributed by atoms with Crippen LogP contribution in [0.3, 0.4) is 0 Å². The molecule has 4 rings (SSSR count). The number of nitrogens with zero attached hydrogens (tertiary/aromatic N) is 3. The molecule has 0 radical (unpaired) electrons. The highest BCUT2D eigenvalue weighted by Gasteiger charge is 2.32. The van der Waals surface area contributed by atoms with Gasteiger partial charge in [0.15, 0.2) is 15.6 Å². The van der Waals surface area contributed by atoms with Crippen LogP contribution in [0, 0.1) is 5.92 Å². The van der Waals surface area contributed by atoms with Crippen molar-refractivity contribution in [2.24, 2.45) is 10.9 Å². The summed E-state index contributed by atoms with van der Waals surface area (Å²) in [6.45, 7) is 4.29. The van der Waals surface area contributed by atoms with E-state index in [-0.39, 0.29) is 45.7 Å². The van der Waals surface area contributed by atoms with Gasteiger partial charge < -0.3 is 5.11 Å². The maximum Gasteiger partial charge on any atom is 0.279 e. The van der Waals surface area contributed by atoms with Crippen molar-refractivity contribution < 1.29 is 21.9 Å². The fourth-order valence-corrected chi connectivity index (χ4v) is 5.86. The number of benzene rings is 2. The van der Waals surface area contributed by atoms with Crippen molar-refractivity contribution in [3.05, 3.63) is 64.4 Å². The minimum absolute atomic E-state index is 0.0425. The summed E-state index contributed by atoms with van der Waals surface area (Å²) in [4.78, 5) is 17.6. The lowest BCUT2D eigenvalue weighted by atomic mass is 10.1. The highest BCUT2D eigenvalue weighted by molar-refractivity contribution is 7.92. The molecule has 0 aliphatic carbocycles. The van der Waals surface area contributed by atoms with Crippen molar-refractivity contribution in [3.8, 4) is 17.0 Å². The number of nitrogens with one attached hydrogen (secondary N) is 1. The fourth-order valence-electron chi connectivity index (χ4n) is 3.84. The van der Waals surface area contributed by atoms with Crippen LogP contribution >= 0.6 is 0 Å². The highest BCUT2D eigenvalue weighted by Crippen LogP contribution is 2.36. The van der Waals surface area contributed by atoms with E-state index in [1.165, 1.54) is 22.9 Å². The van der Waals surface area contributed by atoms with Crippen LogP contribution in [0.5, 0.6) is 5.75 Å². The lowest BCUT2D eigenvalue weighted by molar-refractivity contribution is 0.444. The summed E-state index contributed by atoms with van der Waals surface area (Å²) in [7, 11) is -7.63.